The van der Waals surface area contributed by atoms with Crippen LogP contribution in [0.4, 0.5) is 0 Å². The maximum atomic E-state index is 13.1. The van der Waals surface area contributed by atoms with Crippen LogP contribution in [0.2, 0.25) is 0 Å². The minimum Gasteiger partial charge on any atom is -0.354 e. The Hall–Kier alpha value is -3.41. The molecule has 0 saturated heterocycles. The standard InChI is InChI=1S/C24H26N4O2/c1-4-20(23(29)25-14-13-17-11-9-16(2)10-12-17)28-21-8-6-5-7-18(21)19-15-26-27(3)24(30)22(19)28/h5-12,15,20H,4,13-14H2,1-3H3,(H,25,29)/t20-/m0/s1. The fraction of sp³-hybridized carbons (Fsp3) is 0.292. The summed E-state index contributed by atoms with van der Waals surface area (Å²) in [5.41, 5.74) is 3.60. The number of nitrogens with zero attached hydrogens (tertiary/aromatic N) is 3. The summed E-state index contributed by atoms with van der Waals surface area (Å²) in [5.74, 6) is -0.0777. The molecule has 4 rings (SSSR count). The molecule has 1 N–H and O–H groups in total. The topological polar surface area (TPSA) is 68.9 Å². The molecule has 4 aromatic rings. The Labute approximate surface area is 175 Å². The van der Waals surface area contributed by atoms with E-state index in [-0.39, 0.29) is 11.5 Å². The van der Waals surface area contributed by atoms with Gasteiger partial charge in [-0.2, -0.15) is 5.10 Å². The summed E-state index contributed by atoms with van der Waals surface area (Å²) in [6.45, 7) is 4.58. The molecule has 0 bridgehead atoms. The summed E-state index contributed by atoms with van der Waals surface area (Å²) in [7, 11) is 1.63. The van der Waals surface area contributed by atoms with E-state index in [1.54, 1.807) is 13.2 Å². The monoisotopic (exact) mass is 402 g/mol. The van der Waals surface area contributed by atoms with E-state index in [2.05, 4.69) is 41.6 Å². The molecule has 1 amide bonds. The first-order valence-corrected chi connectivity index (χ1v) is 10.3. The summed E-state index contributed by atoms with van der Waals surface area (Å²) in [6.07, 6.45) is 3.05. The van der Waals surface area contributed by atoms with Crippen LogP contribution < -0.4 is 10.9 Å². The Morgan fingerprint density at radius 3 is 2.57 bits per heavy atom. The number of benzene rings is 2. The summed E-state index contributed by atoms with van der Waals surface area (Å²) in [6, 6.07) is 15.6. The lowest BCUT2D eigenvalue weighted by molar-refractivity contribution is -0.124. The molecule has 0 aliphatic heterocycles. The van der Waals surface area contributed by atoms with Crippen molar-refractivity contribution in [2.24, 2.45) is 7.05 Å². The van der Waals surface area contributed by atoms with Crippen molar-refractivity contribution >= 4 is 27.7 Å². The first-order chi connectivity index (χ1) is 14.5. The van der Waals surface area contributed by atoms with E-state index in [9.17, 15) is 9.59 Å². The second kappa shape index (κ2) is 8.14. The normalized spacial score (nSPS) is 12.4. The number of para-hydroxylation sites is 1. The van der Waals surface area contributed by atoms with Gasteiger partial charge in [0.15, 0.2) is 0 Å². The van der Waals surface area contributed by atoms with E-state index in [0.717, 1.165) is 22.7 Å². The van der Waals surface area contributed by atoms with Gasteiger partial charge in [0.05, 0.1) is 11.7 Å². The van der Waals surface area contributed by atoms with Crippen LogP contribution in [0.25, 0.3) is 21.8 Å². The molecule has 0 saturated carbocycles. The smallest absolute Gasteiger partial charge is 0.291 e. The van der Waals surface area contributed by atoms with Crippen molar-refractivity contribution in [1.82, 2.24) is 19.7 Å². The first kappa shape index (κ1) is 19.9. The fourth-order valence-electron chi connectivity index (χ4n) is 4.00. The maximum absolute atomic E-state index is 13.1. The molecule has 154 valence electrons. The molecule has 6 heteroatoms. The highest BCUT2D eigenvalue weighted by Crippen LogP contribution is 2.30. The van der Waals surface area contributed by atoms with Gasteiger partial charge in [-0.05, 0) is 31.4 Å². The molecule has 0 spiro atoms. The molecular formula is C24H26N4O2. The van der Waals surface area contributed by atoms with Crippen molar-refractivity contribution in [3.05, 3.63) is 76.2 Å². The van der Waals surface area contributed by atoms with E-state index < -0.39 is 6.04 Å². The van der Waals surface area contributed by atoms with Gasteiger partial charge in [-0.1, -0.05) is 55.0 Å². The van der Waals surface area contributed by atoms with Crippen LogP contribution >= 0.6 is 0 Å². The van der Waals surface area contributed by atoms with Crippen LogP contribution in [-0.4, -0.2) is 26.8 Å². The molecule has 0 unspecified atom stereocenters. The zero-order valence-electron chi connectivity index (χ0n) is 17.6. The second-order valence-corrected chi connectivity index (χ2v) is 7.67. The number of rotatable bonds is 6. The van der Waals surface area contributed by atoms with E-state index in [1.807, 2.05) is 35.8 Å². The fourth-order valence-corrected chi connectivity index (χ4v) is 4.00. The molecule has 0 aliphatic carbocycles. The molecule has 2 aromatic heterocycles. The van der Waals surface area contributed by atoms with Gasteiger partial charge in [-0.15, -0.1) is 0 Å². The first-order valence-electron chi connectivity index (χ1n) is 10.3. The quantitative estimate of drug-likeness (QED) is 0.537. The van der Waals surface area contributed by atoms with Gasteiger partial charge in [0.25, 0.3) is 5.56 Å². The summed E-state index contributed by atoms with van der Waals surface area (Å²) >= 11 is 0. The lowest BCUT2D eigenvalue weighted by Gasteiger charge is -2.19. The van der Waals surface area contributed by atoms with E-state index in [4.69, 9.17) is 0 Å². The molecule has 0 aliphatic rings. The third-order valence-corrected chi connectivity index (χ3v) is 5.64. The van der Waals surface area contributed by atoms with Crippen molar-refractivity contribution in [3.8, 4) is 0 Å². The van der Waals surface area contributed by atoms with Crippen LogP contribution in [0, 0.1) is 6.92 Å². The summed E-state index contributed by atoms with van der Waals surface area (Å²) < 4.78 is 3.20. The lowest BCUT2D eigenvalue weighted by atomic mass is 10.1. The summed E-state index contributed by atoms with van der Waals surface area (Å²) in [4.78, 5) is 26.1. The van der Waals surface area contributed by atoms with Gasteiger partial charge in [0.1, 0.15) is 11.6 Å². The Kier molecular flexibility index (Phi) is 5.40. The number of carbonyl (C=O) groups excluding carboxylic acids is 1. The number of amides is 1. The molecule has 2 heterocycles. The van der Waals surface area contributed by atoms with E-state index in [1.165, 1.54) is 15.8 Å². The van der Waals surface area contributed by atoms with Crippen molar-refractivity contribution in [2.75, 3.05) is 6.54 Å². The zero-order chi connectivity index (χ0) is 21.3. The zero-order valence-corrected chi connectivity index (χ0v) is 17.6. The van der Waals surface area contributed by atoms with Gasteiger partial charge in [-0.3, -0.25) is 9.59 Å². The van der Waals surface area contributed by atoms with Crippen LogP contribution in [0.15, 0.2) is 59.5 Å². The van der Waals surface area contributed by atoms with Crippen LogP contribution in [0.1, 0.15) is 30.5 Å². The predicted octanol–water partition coefficient (Wildman–Crippen LogP) is 3.51. The van der Waals surface area contributed by atoms with Crippen LogP contribution in [-0.2, 0) is 18.3 Å². The largest absolute Gasteiger partial charge is 0.354 e. The van der Waals surface area contributed by atoms with Gasteiger partial charge in [-0.25, -0.2) is 4.68 Å². The van der Waals surface area contributed by atoms with E-state index >= 15 is 0 Å². The molecule has 6 nitrogen and oxygen atoms in total. The van der Waals surface area contributed by atoms with Gasteiger partial charge < -0.3 is 9.88 Å². The third kappa shape index (κ3) is 3.49. The number of aryl methyl sites for hydroxylation is 2. The van der Waals surface area contributed by atoms with Gasteiger partial charge in [0, 0.05) is 24.4 Å². The Balaban J connectivity index is 1.68. The van der Waals surface area contributed by atoms with Crippen LogP contribution in [0.3, 0.4) is 0 Å². The average molecular weight is 402 g/mol. The minimum absolute atomic E-state index is 0.0777. The predicted molar refractivity (Wildman–Crippen MR) is 120 cm³/mol. The number of nitrogens with one attached hydrogen (secondary N) is 1. The van der Waals surface area contributed by atoms with Gasteiger partial charge >= 0.3 is 0 Å². The highest BCUT2D eigenvalue weighted by Gasteiger charge is 2.25. The van der Waals surface area contributed by atoms with Crippen molar-refractivity contribution < 1.29 is 4.79 Å². The number of fused-ring (bicyclic) bond motifs is 3. The number of hydrogen-bond donors (Lipinski definition) is 1. The molecule has 0 fully saturated rings. The number of aromatic nitrogens is 3. The maximum Gasteiger partial charge on any atom is 0.291 e. The van der Waals surface area contributed by atoms with Crippen molar-refractivity contribution in [3.63, 3.8) is 0 Å². The molecule has 30 heavy (non-hydrogen) atoms. The molecule has 2 aromatic carbocycles. The van der Waals surface area contributed by atoms with Crippen molar-refractivity contribution in [2.45, 2.75) is 32.7 Å². The minimum atomic E-state index is -0.472. The molecular weight excluding hydrogens is 376 g/mol. The third-order valence-electron chi connectivity index (χ3n) is 5.64. The Bertz CT molecular complexity index is 1270. The van der Waals surface area contributed by atoms with Gasteiger partial charge in [0.2, 0.25) is 5.91 Å². The highest BCUT2D eigenvalue weighted by molar-refractivity contribution is 6.08. The summed E-state index contributed by atoms with van der Waals surface area (Å²) in [5, 5.41) is 8.96. The SMILES string of the molecule is CC[C@@H](C(=O)NCCc1ccc(C)cc1)n1c2ccccc2c2cnn(C)c(=O)c21. The highest BCUT2D eigenvalue weighted by atomic mass is 16.2. The molecule has 1 atom stereocenters. The molecule has 0 radical (unpaired) electrons. The average Bonchev–Trinajstić information content (AvgIpc) is 3.08. The number of hydrogen-bond acceptors (Lipinski definition) is 3. The Morgan fingerprint density at radius 1 is 1.10 bits per heavy atom. The number of carbonyl (C=O) groups is 1. The van der Waals surface area contributed by atoms with E-state index in [0.29, 0.717) is 18.5 Å². The van der Waals surface area contributed by atoms with Crippen LogP contribution in [0.5, 0.6) is 0 Å². The Morgan fingerprint density at radius 2 is 1.83 bits per heavy atom. The second-order valence-electron chi connectivity index (χ2n) is 7.67. The lowest BCUT2D eigenvalue weighted by Crippen LogP contribution is -2.34. The van der Waals surface area contributed by atoms with Crippen molar-refractivity contribution in [1.29, 1.82) is 0 Å².